The molecule has 0 spiro atoms. The van der Waals surface area contributed by atoms with Crippen molar-refractivity contribution in [3.05, 3.63) is 23.4 Å². The maximum atomic E-state index is 10.9. The lowest BCUT2D eigenvalue weighted by molar-refractivity contribution is -0.119. The number of nitrogens with one attached hydrogen (secondary N) is 2. The van der Waals surface area contributed by atoms with Gasteiger partial charge in [-0.05, 0) is 19.1 Å². The molecule has 1 aromatic heterocycles. The van der Waals surface area contributed by atoms with E-state index in [1.165, 1.54) is 13.8 Å². The summed E-state index contributed by atoms with van der Waals surface area (Å²) in [6.07, 6.45) is 0.590. The standard InChI is InChI=1S/C14H17N3O2/c1-10-13(6-4-5-9-15-11(2)18)7-8-14(16-10)17-12(3)19/h7-8H,5,9H2,1-3H3,(H,15,18)(H,16,17,19). The smallest absolute Gasteiger partial charge is 0.222 e. The summed E-state index contributed by atoms with van der Waals surface area (Å²) in [4.78, 5) is 25.8. The van der Waals surface area contributed by atoms with Gasteiger partial charge in [0.1, 0.15) is 5.82 Å². The summed E-state index contributed by atoms with van der Waals surface area (Å²) in [6, 6.07) is 3.53. The Kier molecular flexibility index (Phi) is 5.55. The molecule has 1 heterocycles. The van der Waals surface area contributed by atoms with Gasteiger partial charge in [-0.3, -0.25) is 9.59 Å². The molecule has 0 unspecified atom stereocenters. The quantitative estimate of drug-likeness (QED) is 0.633. The van der Waals surface area contributed by atoms with Crippen LogP contribution in [-0.2, 0) is 9.59 Å². The summed E-state index contributed by atoms with van der Waals surface area (Å²) < 4.78 is 0. The molecule has 1 rings (SSSR count). The molecule has 0 atom stereocenters. The molecule has 0 aliphatic carbocycles. The molecule has 1 aromatic rings. The molecule has 0 saturated heterocycles. The Morgan fingerprint density at radius 3 is 2.58 bits per heavy atom. The number of aromatic nitrogens is 1. The van der Waals surface area contributed by atoms with Crippen LogP contribution in [0.15, 0.2) is 12.1 Å². The van der Waals surface area contributed by atoms with Crippen LogP contribution in [0.1, 0.15) is 31.5 Å². The summed E-state index contributed by atoms with van der Waals surface area (Å²) in [7, 11) is 0. The topological polar surface area (TPSA) is 71.1 Å². The first-order valence-electron chi connectivity index (χ1n) is 5.97. The zero-order valence-corrected chi connectivity index (χ0v) is 11.3. The van der Waals surface area contributed by atoms with E-state index in [4.69, 9.17) is 0 Å². The monoisotopic (exact) mass is 259 g/mol. The predicted octanol–water partition coefficient (Wildman–Crippen LogP) is 1.23. The van der Waals surface area contributed by atoms with Gasteiger partial charge in [-0.2, -0.15) is 0 Å². The number of aryl methyl sites for hydroxylation is 1. The highest BCUT2D eigenvalue weighted by Crippen LogP contribution is 2.09. The van der Waals surface area contributed by atoms with E-state index in [-0.39, 0.29) is 11.8 Å². The van der Waals surface area contributed by atoms with Crippen LogP contribution in [0.3, 0.4) is 0 Å². The highest BCUT2D eigenvalue weighted by atomic mass is 16.2. The van der Waals surface area contributed by atoms with E-state index in [9.17, 15) is 9.59 Å². The number of amides is 2. The molecule has 19 heavy (non-hydrogen) atoms. The largest absolute Gasteiger partial charge is 0.355 e. The molecule has 5 heteroatoms. The summed E-state index contributed by atoms with van der Waals surface area (Å²) >= 11 is 0. The van der Waals surface area contributed by atoms with Crippen LogP contribution >= 0.6 is 0 Å². The zero-order chi connectivity index (χ0) is 14.3. The zero-order valence-electron chi connectivity index (χ0n) is 11.3. The molecule has 2 N–H and O–H groups in total. The first kappa shape index (κ1) is 14.7. The van der Waals surface area contributed by atoms with E-state index in [1.807, 2.05) is 13.0 Å². The van der Waals surface area contributed by atoms with E-state index >= 15 is 0 Å². The Morgan fingerprint density at radius 2 is 2.00 bits per heavy atom. The van der Waals surface area contributed by atoms with Crippen molar-refractivity contribution in [2.24, 2.45) is 0 Å². The second kappa shape index (κ2) is 7.17. The van der Waals surface area contributed by atoms with Gasteiger partial charge in [-0.1, -0.05) is 11.8 Å². The molecule has 100 valence electrons. The van der Waals surface area contributed by atoms with E-state index in [1.54, 1.807) is 6.07 Å². The minimum atomic E-state index is -0.152. The fourth-order valence-electron chi connectivity index (χ4n) is 1.40. The number of carbonyl (C=O) groups is 2. The Balaban J connectivity index is 2.62. The SMILES string of the molecule is CC(=O)NCCC#Cc1ccc(NC(C)=O)nc1C. The van der Waals surface area contributed by atoms with Gasteiger partial charge < -0.3 is 10.6 Å². The van der Waals surface area contributed by atoms with Crippen molar-refractivity contribution in [3.8, 4) is 11.8 Å². The van der Waals surface area contributed by atoms with Crippen molar-refractivity contribution in [1.29, 1.82) is 0 Å². The van der Waals surface area contributed by atoms with Crippen molar-refractivity contribution in [1.82, 2.24) is 10.3 Å². The van der Waals surface area contributed by atoms with Crippen molar-refractivity contribution in [3.63, 3.8) is 0 Å². The molecule has 0 aliphatic heterocycles. The lowest BCUT2D eigenvalue weighted by Crippen LogP contribution is -2.20. The first-order chi connectivity index (χ1) is 8.99. The van der Waals surface area contributed by atoms with Crippen molar-refractivity contribution in [2.75, 3.05) is 11.9 Å². The molecule has 2 amide bonds. The number of hydrogen-bond donors (Lipinski definition) is 2. The number of rotatable bonds is 3. The number of anilines is 1. The summed E-state index contributed by atoms with van der Waals surface area (Å²) in [5.41, 5.74) is 1.58. The summed E-state index contributed by atoms with van der Waals surface area (Å²) in [5.74, 6) is 6.27. The number of pyridine rings is 1. The first-order valence-corrected chi connectivity index (χ1v) is 5.97. The average Bonchev–Trinajstić information content (AvgIpc) is 2.30. The third kappa shape index (κ3) is 5.68. The predicted molar refractivity (Wildman–Crippen MR) is 73.5 cm³/mol. The maximum Gasteiger partial charge on any atom is 0.222 e. The van der Waals surface area contributed by atoms with Crippen molar-refractivity contribution < 1.29 is 9.59 Å². The molecule has 0 aromatic carbocycles. The Morgan fingerprint density at radius 1 is 1.26 bits per heavy atom. The lowest BCUT2D eigenvalue weighted by Gasteiger charge is -2.03. The molecule has 0 fully saturated rings. The van der Waals surface area contributed by atoms with Crippen LogP contribution in [0.5, 0.6) is 0 Å². The number of hydrogen-bond acceptors (Lipinski definition) is 3. The highest BCUT2D eigenvalue weighted by Gasteiger charge is 2.00. The Bertz CT molecular complexity index is 541. The lowest BCUT2D eigenvalue weighted by atomic mass is 10.2. The summed E-state index contributed by atoms with van der Waals surface area (Å²) in [5, 5.41) is 5.29. The normalized spacial score (nSPS) is 9.21. The van der Waals surface area contributed by atoms with Crippen LogP contribution in [-0.4, -0.2) is 23.3 Å². The fourth-order valence-corrected chi connectivity index (χ4v) is 1.40. The molecular weight excluding hydrogens is 242 g/mol. The van der Waals surface area contributed by atoms with Crippen molar-refractivity contribution >= 4 is 17.6 Å². The average molecular weight is 259 g/mol. The number of nitrogens with zero attached hydrogens (tertiary/aromatic N) is 1. The molecule has 5 nitrogen and oxygen atoms in total. The van der Waals surface area contributed by atoms with E-state index in [2.05, 4.69) is 27.5 Å². The van der Waals surface area contributed by atoms with Crippen LogP contribution in [0.4, 0.5) is 5.82 Å². The van der Waals surface area contributed by atoms with Gasteiger partial charge in [0.2, 0.25) is 11.8 Å². The molecule has 0 saturated carbocycles. The highest BCUT2D eigenvalue weighted by molar-refractivity contribution is 5.87. The van der Waals surface area contributed by atoms with Gasteiger partial charge in [0, 0.05) is 32.4 Å². The molecular formula is C14H17N3O2. The van der Waals surface area contributed by atoms with Gasteiger partial charge in [-0.15, -0.1) is 0 Å². The van der Waals surface area contributed by atoms with Crippen LogP contribution < -0.4 is 10.6 Å². The van der Waals surface area contributed by atoms with Crippen molar-refractivity contribution in [2.45, 2.75) is 27.2 Å². The third-order valence-electron chi connectivity index (χ3n) is 2.24. The summed E-state index contributed by atoms with van der Waals surface area (Å²) in [6.45, 7) is 5.29. The molecule has 0 aliphatic rings. The van der Waals surface area contributed by atoms with E-state index in [0.29, 0.717) is 18.8 Å². The minimum Gasteiger partial charge on any atom is -0.355 e. The second-order valence-electron chi connectivity index (χ2n) is 4.05. The van der Waals surface area contributed by atoms with Crippen LogP contribution in [0.25, 0.3) is 0 Å². The van der Waals surface area contributed by atoms with Gasteiger partial charge in [0.15, 0.2) is 0 Å². The van der Waals surface area contributed by atoms with E-state index in [0.717, 1.165) is 11.3 Å². The fraction of sp³-hybridized carbons (Fsp3) is 0.357. The Hall–Kier alpha value is -2.35. The second-order valence-corrected chi connectivity index (χ2v) is 4.05. The van der Waals surface area contributed by atoms with E-state index < -0.39 is 0 Å². The Labute approximate surface area is 112 Å². The molecule has 0 radical (unpaired) electrons. The van der Waals surface area contributed by atoms with Gasteiger partial charge in [0.05, 0.1) is 5.69 Å². The number of carbonyl (C=O) groups excluding carboxylic acids is 2. The van der Waals surface area contributed by atoms with Crippen LogP contribution in [0.2, 0.25) is 0 Å². The van der Waals surface area contributed by atoms with Gasteiger partial charge in [0.25, 0.3) is 0 Å². The minimum absolute atomic E-state index is 0.0562. The van der Waals surface area contributed by atoms with Crippen LogP contribution in [0, 0.1) is 18.8 Å². The van der Waals surface area contributed by atoms with Gasteiger partial charge in [-0.25, -0.2) is 4.98 Å². The molecule has 0 bridgehead atoms. The third-order valence-corrected chi connectivity index (χ3v) is 2.24. The van der Waals surface area contributed by atoms with Gasteiger partial charge >= 0.3 is 0 Å². The maximum absolute atomic E-state index is 10.9.